The molecular formula is C11H22N2O3. The number of hydrogen-bond acceptors (Lipinski definition) is 3. The molecule has 0 rings (SSSR count). The highest BCUT2D eigenvalue weighted by molar-refractivity contribution is 5.83. The zero-order valence-electron chi connectivity index (χ0n) is 10.2. The molecule has 5 heteroatoms. The van der Waals surface area contributed by atoms with Crippen LogP contribution in [0.15, 0.2) is 0 Å². The number of carboxylic acid groups (broad SMARTS) is 1. The zero-order chi connectivity index (χ0) is 12.6. The van der Waals surface area contributed by atoms with Gasteiger partial charge in [-0.25, -0.2) is 4.79 Å². The molecule has 5 nitrogen and oxygen atoms in total. The molecular weight excluding hydrogens is 208 g/mol. The Labute approximate surface area is 96.6 Å². The van der Waals surface area contributed by atoms with Crippen molar-refractivity contribution >= 4 is 11.9 Å². The van der Waals surface area contributed by atoms with Gasteiger partial charge in [0.15, 0.2) is 0 Å². The number of carbonyl (C=O) groups is 2. The van der Waals surface area contributed by atoms with Gasteiger partial charge < -0.3 is 15.7 Å². The third-order valence-electron chi connectivity index (χ3n) is 2.63. The van der Waals surface area contributed by atoms with Crippen LogP contribution in [-0.4, -0.2) is 36.6 Å². The van der Waals surface area contributed by atoms with Crippen LogP contribution >= 0.6 is 0 Å². The Morgan fingerprint density at radius 1 is 1.38 bits per heavy atom. The number of amides is 1. The van der Waals surface area contributed by atoms with Crippen LogP contribution in [0.1, 0.15) is 33.1 Å². The Balaban J connectivity index is 4.09. The molecule has 0 aromatic rings. The van der Waals surface area contributed by atoms with Gasteiger partial charge in [-0.05, 0) is 25.9 Å². The zero-order valence-corrected chi connectivity index (χ0v) is 10.2. The lowest BCUT2D eigenvalue weighted by molar-refractivity contribution is -0.143. The molecule has 0 aromatic heterocycles. The predicted octanol–water partition coefficient (Wildman–Crippen LogP) is 0.602. The van der Waals surface area contributed by atoms with Gasteiger partial charge in [0.05, 0.1) is 0 Å². The Morgan fingerprint density at radius 3 is 2.44 bits per heavy atom. The van der Waals surface area contributed by atoms with Gasteiger partial charge in [0.25, 0.3) is 0 Å². The lowest BCUT2D eigenvalue weighted by Crippen LogP contribution is -2.45. The molecule has 0 spiro atoms. The molecule has 0 unspecified atom stereocenters. The van der Waals surface area contributed by atoms with Gasteiger partial charge in [0, 0.05) is 6.42 Å². The largest absolute Gasteiger partial charge is 0.480 e. The summed E-state index contributed by atoms with van der Waals surface area (Å²) in [6.45, 7) is 4.49. The molecule has 0 fully saturated rings. The average Bonchev–Trinajstić information content (AvgIpc) is 2.25. The number of carboxylic acids is 1. The molecule has 0 heterocycles. The summed E-state index contributed by atoms with van der Waals surface area (Å²) in [5.41, 5.74) is 0. The summed E-state index contributed by atoms with van der Waals surface area (Å²) >= 11 is 0. The minimum atomic E-state index is -0.962. The van der Waals surface area contributed by atoms with Gasteiger partial charge in [-0.3, -0.25) is 4.79 Å². The maximum Gasteiger partial charge on any atom is 0.326 e. The fraction of sp³-hybridized carbons (Fsp3) is 0.818. The first kappa shape index (κ1) is 14.9. The van der Waals surface area contributed by atoms with Crippen molar-refractivity contribution in [1.82, 2.24) is 10.6 Å². The van der Waals surface area contributed by atoms with Crippen molar-refractivity contribution in [2.24, 2.45) is 5.92 Å². The molecule has 16 heavy (non-hydrogen) atoms. The van der Waals surface area contributed by atoms with E-state index in [0.717, 1.165) is 19.4 Å². The van der Waals surface area contributed by atoms with Crippen LogP contribution in [0, 0.1) is 5.92 Å². The normalized spacial score (nSPS) is 14.2. The number of hydrogen-bond donors (Lipinski definition) is 3. The van der Waals surface area contributed by atoms with Crippen molar-refractivity contribution < 1.29 is 14.7 Å². The summed E-state index contributed by atoms with van der Waals surface area (Å²) in [5, 5.41) is 14.5. The fourth-order valence-electron chi connectivity index (χ4n) is 1.35. The summed E-state index contributed by atoms with van der Waals surface area (Å²) in [5.74, 6) is -1.20. The molecule has 0 radical (unpaired) electrons. The summed E-state index contributed by atoms with van der Waals surface area (Å²) in [6.07, 6.45) is 1.81. The van der Waals surface area contributed by atoms with Crippen LogP contribution < -0.4 is 10.6 Å². The van der Waals surface area contributed by atoms with E-state index >= 15 is 0 Å². The Hall–Kier alpha value is -1.10. The maximum atomic E-state index is 11.5. The van der Waals surface area contributed by atoms with Gasteiger partial charge in [0.1, 0.15) is 6.04 Å². The highest BCUT2D eigenvalue weighted by Gasteiger charge is 2.24. The SMILES string of the molecule is CC[C@H](C)[C@H](NC(=O)CCCNC)C(=O)O. The van der Waals surface area contributed by atoms with Crippen LogP contribution in [-0.2, 0) is 9.59 Å². The molecule has 0 bridgehead atoms. The molecule has 0 aliphatic heterocycles. The Bertz CT molecular complexity index is 231. The quantitative estimate of drug-likeness (QED) is 0.534. The second kappa shape index (κ2) is 8.10. The van der Waals surface area contributed by atoms with E-state index in [1.165, 1.54) is 0 Å². The van der Waals surface area contributed by atoms with Crippen LogP contribution in [0.2, 0.25) is 0 Å². The van der Waals surface area contributed by atoms with Crippen LogP contribution in [0.3, 0.4) is 0 Å². The molecule has 3 N–H and O–H groups in total. The van der Waals surface area contributed by atoms with E-state index in [9.17, 15) is 9.59 Å². The summed E-state index contributed by atoms with van der Waals surface area (Å²) in [6, 6.07) is -0.771. The van der Waals surface area contributed by atoms with Crippen molar-refractivity contribution in [3.8, 4) is 0 Å². The minimum absolute atomic E-state index is 0.0502. The topological polar surface area (TPSA) is 78.4 Å². The highest BCUT2D eigenvalue weighted by Crippen LogP contribution is 2.08. The lowest BCUT2D eigenvalue weighted by atomic mass is 9.99. The van der Waals surface area contributed by atoms with Crippen molar-refractivity contribution in [2.45, 2.75) is 39.2 Å². The third-order valence-corrected chi connectivity index (χ3v) is 2.63. The molecule has 0 aromatic carbocycles. The smallest absolute Gasteiger partial charge is 0.326 e. The van der Waals surface area contributed by atoms with E-state index in [0.29, 0.717) is 6.42 Å². The number of aliphatic carboxylic acids is 1. The van der Waals surface area contributed by atoms with E-state index in [2.05, 4.69) is 10.6 Å². The molecule has 0 aliphatic rings. The van der Waals surface area contributed by atoms with Crippen molar-refractivity contribution in [3.63, 3.8) is 0 Å². The summed E-state index contributed by atoms with van der Waals surface area (Å²) in [4.78, 5) is 22.4. The molecule has 0 aliphatic carbocycles. The Kier molecular flexibility index (Phi) is 7.54. The first-order valence-corrected chi connectivity index (χ1v) is 5.69. The predicted molar refractivity (Wildman–Crippen MR) is 62.2 cm³/mol. The average molecular weight is 230 g/mol. The van der Waals surface area contributed by atoms with Crippen molar-refractivity contribution in [2.75, 3.05) is 13.6 Å². The first-order valence-electron chi connectivity index (χ1n) is 5.69. The third kappa shape index (κ3) is 5.70. The summed E-state index contributed by atoms with van der Waals surface area (Å²) < 4.78 is 0. The van der Waals surface area contributed by atoms with Crippen molar-refractivity contribution in [3.05, 3.63) is 0 Å². The Morgan fingerprint density at radius 2 is 2.00 bits per heavy atom. The lowest BCUT2D eigenvalue weighted by Gasteiger charge is -2.20. The van der Waals surface area contributed by atoms with E-state index in [4.69, 9.17) is 5.11 Å². The molecule has 1 amide bonds. The van der Waals surface area contributed by atoms with Crippen LogP contribution in [0.4, 0.5) is 0 Å². The second-order valence-electron chi connectivity index (χ2n) is 3.98. The van der Waals surface area contributed by atoms with Gasteiger partial charge in [0.2, 0.25) is 5.91 Å². The van der Waals surface area contributed by atoms with Gasteiger partial charge in [-0.2, -0.15) is 0 Å². The maximum absolute atomic E-state index is 11.5. The van der Waals surface area contributed by atoms with E-state index in [-0.39, 0.29) is 11.8 Å². The van der Waals surface area contributed by atoms with Gasteiger partial charge in [-0.1, -0.05) is 20.3 Å². The van der Waals surface area contributed by atoms with Gasteiger partial charge in [-0.15, -0.1) is 0 Å². The number of rotatable bonds is 8. The summed E-state index contributed by atoms with van der Waals surface area (Å²) in [7, 11) is 1.82. The van der Waals surface area contributed by atoms with E-state index < -0.39 is 12.0 Å². The monoisotopic (exact) mass is 230 g/mol. The minimum Gasteiger partial charge on any atom is -0.480 e. The van der Waals surface area contributed by atoms with Crippen LogP contribution in [0.25, 0.3) is 0 Å². The molecule has 2 atom stereocenters. The van der Waals surface area contributed by atoms with E-state index in [1.807, 2.05) is 20.9 Å². The number of carbonyl (C=O) groups excluding carboxylic acids is 1. The molecule has 0 saturated heterocycles. The number of nitrogens with one attached hydrogen (secondary N) is 2. The van der Waals surface area contributed by atoms with E-state index in [1.54, 1.807) is 0 Å². The second-order valence-corrected chi connectivity index (χ2v) is 3.98. The molecule has 94 valence electrons. The first-order chi connectivity index (χ1) is 7.52. The molecule has 0 saturated carbocycles. The fourth-order valence-corrected chi connectivity index (χ4v) is 1.35. The van der Waals surface area contributed by atoms with Crippen LogP contribution in [0.5, 0.6) is 0 Å². The highest BCUT2D eigenvalue weighted by atomic mass is 16.4. The van der Waals surface area contributed by atoms with Gasteiger partial charge >= 0.3 is 5.97 Å². The standard InChI is InChI=1S/C11H22N2O3/c1-4-8(2)10(11(15)16)13-9(14)6-5-7-12-3/h8,10,12H,4-7H2,1-3H3,(H,13,14)(H,15,16)/t8-,10-/m0/s1. The van der Waals surface area contributed by atoms with Crippen molar-refractivity contribution in [1.29, 1.82) is 0 Å².